The van der Waals surface area contributed by atoms with Crippen molar-refractivity contribution in [2.24, 2.45) is 0 Å². The number of fused-ring (bicyclic) bond motifs is 1. The zero-order valence-electron chi connectivity index (χ0n) is 17.0. The van der Waals surface area contributed by atoms with Gasteiger partial charge >= 0.3 is 0 Å². The number of aromatic nitrogens is 1. The van der Waals surface area contributed by atoms with Crippen LogP contribution in [0.15, 0.2) is 79.0 Å². The number of halogens is 1. The van der Waals surface area contributed by atoms with Crippen molar-refractivity contribution < 1.29 is 9.59 Å². The highest BCUT2D eigenvalue weighted by atomic mass is 35.5. The third-order valence-corrected chi connectivity index (χ3v) is 5.44. The number of anilines is 1. The van der Waals surface area contributed by atoms with Crippen LogP contribution in [0.3, 0.4) is 0 Å². The largest absolute Gasteiger partial charge is 0.361 e. The first-order valence-electron chi connectivity index (χ1n) is 9.99. The van der Waals surface area contributed by atoms with Gasteiger partial charge in [0.2, 0.25) is 5.91 Å². The summed E-state index contributed by atoms with van der Waals surface area (Å²) in [5, 5.41) is 7.18. The van der Waals surface area contributed by atoms with Crippen LogP contribution in [0.5, 0.6) is 0 Å². The van der Waals surface area contributed by atoms with E-state index in [4.69, 9.17) is 11.6 Å². The smallest absolute Gasteiger partial charge is 0.252 e. The summed E-state index contributed by atoms with van der Waals surface area (Å²) in [6.07, 6.45) is 2.15. The summed E-state index contributed by atoms with van der Waals surface area (Å²) in [6, 6.07) is 21.5. The van der Waals surface area contributed by atoms with Crippen LogP contribution >= 0.6 is 11.6 Å². The number of amides is 2. The Balaban J connectivity index is 1.60. The molecule has 0 aliphatic rings. The number of nitrogens with one attached hydrogen (secondary N) is 3. The molecule has 0 saturated heterocycles. The van der Waals surface area contributed by atoms with E-state index in [9.17, 15) is 9.59 Å². The fraction of sp³-hybridized carbons (Fsp3) is 0.120. The van der Waals surface area contributed by atoms with Crippen molar-refractivity contribution in [3.8, 4) is 0 Å². The molecule has 31 heavy (non-hydrogen) atoms. The number of hydrogen-bond acceptors (Lipinski definition) is 2. The number of H-pyrrole nitrogens is 1. The van der Waals surface area contributed by atoms with Gasteiger partial charge < -0.3 is 15.6 Å². The summed E-state index contributed by atoms with van der Waals surface area (Å²) in [5.41, 5.74) is 3.85. The second-order valence-corrected chi connectivity index (χ2v) is 7.85. The van der Waals surface area contributed by atoms with E-state index < -0.39 is 6.04 Å². The van der Waals surface area contributed by atoms with Gasteiger partial charge in [-0.15, -0.1) is 0 Å². The molecule has 3 aromatic carbocycles. The maximum absolute atomic E-state index is 13.2. The highest BCUT2D eigenvalue weighted by Crippen LogP contribution is 2.21. The Kier molecular flexibility index (Phi) is 6.05. The molecule has 1 heterocycles. The maximum Gasteiger partial charge on any atom is 0.252 e. The molecule has 2 amide bonds. The molecule has 1 aromatic heterocycles. The quantitative estimate of drug-likeness (QED) is 0.397. The molecule has 0 aliphatic heterocycles. The fourth-order valence-corrected chi connectivity index (χ4v) is 3.70. The number of benzene rings is 3. The van der Waals surface area contributed by atoms with E-state index in [1.807, 2.05) is 61.5 Å². The van der Waals surface area contributed by atoms with Crippen molar-refractivity contribution in [3.63, 3.8) is 0 Å². The van der Waals surface area contributed by atoms with Gasteiger partial charge in [0.15, 0.2) is 0 Å². The SMILES string of the molecule is Cc1ccc(Cl)cc1NC(=O)C(Cc1ccccc1)NC(=O)c1cccc2[nH]ccc12. The van der Waals surface area contributed by atoms with Crippen LogP contribution in [0.25, 0.3) is 10.9 Å². The van der Waals surface area contributed by atoms with E-state index >= 15 is 0 Å². The lowest BCUT2D eigenvalue weighted by atomic mass is 10.0. The third-order valence-electron chi connectivity index (χ3n) is 5.20. The van der Waals surface area contributed by atoms with Gasteiger partial charge in [0.05, 0.1) is 0 Å². The minimum Gasteiger partial charge on any atom is -0.361 e. The Morgan fingerprint density at radius 1 is 1.00 bits per heavy atom. The van der Waals surface area contributed by atoms with Gasteiger partial charge in [0, 0.05) is 39.8 Å². The van der Waals surface area contributed by atoms with Gasteiger partial charge in [0.25, 0.3) is 5.91 Å². The number of carbonyl (C=O) groups excluding carboxylic acids is 2. The van der Waals surface area contributed by atoms with E-state index in [-0.39, 0.29) is 11.8 Å². The summed E-state index contributed by atoms with van der Waals surface area (Å²) >= 11 is 6.09. The van der Waals surface area contributed by atoms with Gasteiger partial charge in [0.1, 0.15) is 6.04 Å². The summed E-state index contributed by atoms with van der Waals surface area (Å²) in [4.78, 5) is 29.4. The first-order valence-corrected chi connectivity index (χ1v) is 10.4. The summed E-state index contributed by atoms with van der Waals surface area (Å²) in [7, 11) is 0. The predicted octanol–water partition coefficient (Wildman–Crippen LogP) is 5.11. The lowest BCUT2D eigenvalue weighted by molar-refractivity contribution is -0.118. The van der Waals surface area contributed by atoms with Gasteiger partial charge in [-0.1, -0.05) is 54.1 Å². The molecule has 3 N–H and O–H groups in total. The van der Waals surface area contributed by atoms with E-state index in [2.05, 4.69) is 15.6 Å². The van der Waals surface area contributed by atoms with Crippen molar-refractivity contribution in [2.75, 3.05) is 5.32 Å². The Bertz CT molecular complexity index is 1230. The highest BCUT2D eigenvalue weighted by molar-refractivity contribution is 6.31. The Hall–Kier alpha value is -3.57. The molecule has 0 fully saturated rings. The monoisotopic (exact) mass is 431 g/mol. The highest BCUT2D eigenvalue weighted by Gasteiger charge is 2.23. The average Bonchev–Trinajstić information content (AvgIpc) is 3.25. The Morgan fingerprint density at radius 3 is 2.61 bits per heavy atom. The van der Waals surface area contributed by atoms with Gasteiger partial charge in [-0.2, -0.15) is 0 Å². The Labute approximate surface area is 185 Å². The summed E-state index contributed by atoms with van der Waals surface area (Å²) < 4.78 is 0. The van der Waals surface area contributed by atoms with Crippen molar-refractivity contribution >= 4 is 40.0 Å². The maximum atomic E-state index is 13.2. The number of aromatic amines is 1. The fourth-order valence-electron chi connectivity index (χ4n) is 3.53. The molecule has 0 spiro atoms. The van der Waals surface area contributed by atoms with E-state index in [0.29, 0.717) is 22.7 Å². The molecule has 5 nitrogen and oxygen atoms in total. The minimum atomic E-state index is -0.762. The minimum absolute atomic E-state index is 0.302. The Morgan fingerprint density at radius 2 is 1.81 bits per heavy atom. The second-order valence-electron chi connectivity index (χ2n) is 7.41. The normalized spacial score (nSPS) is 11.8. The third kappa shape index (κ3) is 4.78. The van der Waals surface area contributed by atoms with Gasteiger partial charge in [-0.3, -0.25) is 9.59 Å². The molecule has 6 heteroatoms. The predicted molar refractivity (Wildman–Crippen MR) is 125 cm³/mol. The number of aryl methyl sites for hydroxylation is 1. The standard InChI is InChI=1S/C25H22ClN3O2/c1-16-10-11-18(26)15-22(16)28-25(31)23(14-17-6-3-2-4-7-17)29-24(30)20-8-5-9-21-19(20)12-13-27-21/h2-13,15,23,27H,14H2,1H3,(H,28,31)(H,29,30). The zero-order valence-corrected chi connectivity index (χ0v) is 17.7. The summed E-state index contributed by atoms with van der Waals surface area (Å²) in [6.45, 7) is 1.89. The van der Waals surface area contributed by atoms with E-state index in [1.54, 1.807) is 24.4 Å². The molecule has 4 aromatic rings. The molecular formula is C25H22ClN3O2. The molecule has 156 valence electrons. The van der Waals surface area contributed by atoms with Crippen LogP contribution in [-0.2, 0) is 11.2 Å². The van der Waals surface area contributed by atoms with Crippen LogP contribution in [0.4, 0.5) is 5.69 Å². The number of hydrogen-bond donors (Lipinski definition) is 3. The molecule has 1 atom stereocenters. The first-order chi connectivity index (χ1) is 15.0. The van der Waals surface area contributed by atoms with Crippen molar-refractivity contribution in [2.45, 2.75) is 19.4 Å². The lowest BCUT2D eigenvalue weighted by Crippen LogP contribution is -2.45. The van der Waals surface area contributed by atoms with Crippen LogP contribution in [0.1, 0.15) is 21.5 Å². The second kappa shape index (κ2) is 9.06. The molecule has 0 aliphatic carbocycles. The molecule has 1 unspecified atom stereocenters. The lowest BCUT2D eigenvalue weighted by Gasteiger charge is -2.20. The number of carbonyl (C=O) groups is 2. The van der Waals surface area contributed by atoms with Crippen LogP contribution in [-0.4, -0.2) is 22.8 Å². The van der Waals surface area contributed by atoms with Crippen LogP contribution in [0, 0.1) is 6.92 Å². The molecule has 0 saturated carbocycles. The van der Waals surface area contributed by atoms with Gasteiger partial charge in [-0.25, -0.2) is 0 Å². The zero-order chi connectivity index (χ0) is 21.8. The molecule has 0 radical (unpaired) electrons. The molecular weight excluding hydrogens is 410 g/mol. The van der Waals surface area contributed by atoms with Crippen molar-refractivity contribution in [1.82, 2.24) is 10.3 Å². The average molecular weight is 432 g/mol. The number of rotatable bonds is 6. The van der Waals surface area contributed by atoms with E-state index in [1.165, 1.54) is 0 Å². The molecule has 0 bridgehead atoms. The molecule has 4 rings (SSSR count). The first kappa shape index (κ1) is 20.7. The topological polar surface area (TPSA) is 74.0 Å². The van der Waals surface area contributed by atoms with Crippen molar-refractivity contribution in [3.05, 3.63) is 101 Å². The van der Waals surface area contributed by atoms with Crippen molar-refractivity contribution in [1.29, 1.82) is 0 Å². The van der Waals surface area contributed by atoms with Crippen LogP contribution in [0.2, 0.25) is 5.02 Å². The van der Waals surface area contributed by atoms with Crippen LogP contribution < -0.4 is 10.6 Å². The van der Waals surface area contributed by atoms with Gasteiger partial charge in [-0.05, 0) is 48.4 Å². The van der Waals surface area contributed by atoms with E-state index in [0.717, 1.165) is 22.0 Å². The summed E-state index contributed by atoms with van der Waals surface area (Å²) in [5.74, 6) is -0.604.